The van der Waals surface area contributed by atoms with Gasteiger partial charge in [0.1, 0.15) is 18.5 Å². The molecule has 148 valence electrons. The molecule has 1 saturated heterocycles. The molecule has 1 atom stereocenters. The van der Waals surface area contributed by atoms with Crippen molar-refractivity contribution in [3.05, 3.63) is 58.6 Å². The molecule has 0 aromatic heterocycles. The van der Waals surface area contributed by atoms with E-state index in [9.17, 15) is 5.11 Å². The van der Waals surface area contributed by atoms with Crippen LogP contribution in [-0.2, 0) is 0 Å². The minimum Gasteiger partial charge on any atom is -0.491 e. The second-order valence-electron chi connectivity index (χ2n) is 6.95. The van der Waals surface area contributed by atoms with Crippen molar-refractivity contribution in [1.29, 1.82) is 0 Å². The Balaban J connectivity index is 0.00000261. The molecular formula is C21H28Cl2N2O2. The maximum atomic E-state index is 10.3. The van der Waals surface area contributed by atoms with Crippen molar-refractivity contribution in [2.24, 2.45) is 0 Å². The first kappa shape index (κ1) is 21.8. The summed E-state index contributed by atoms with van der Waals surface area (Å²) in [6, 6.07) is 13.9. The summed E-state index contributed by atoms with van der Waals surface area (Å²) >= 11 is 6.15. The largest absolute Gasteiger partial charge is 0.491 e. The third-order valence-electron chi connectivity index (χ3n) is 4.88. The average molecular weight is 411 g/mol. The lowest BCUT2D eigenvalue weighted by molar-refractivity contribution is 0.0661. The van der Waals surface area contributed by atoms with E-state index in [1.54, 1.807) is 0 Å². The highest BCUT2D eigenvalue weighted by Crippen LogP contribution is 2.25. The summed E-state index contributed by atoms with van der Waals surface area (Å²) in [7, 11) is 0. The van der Waals surface area contributed by atoms with Crippen LogP contribution >= 0.6 is 24.0 Å². The van der Waals surface area contributed by atoms with Crippen LogP contribution in [-0.4, -0.2) is 55.4 Å². The highest BCUT2D eigenvalue weighted by molar-refractivity contribution is 6.30. The van der Waals surface area contributed by atoms with Gasteiger partial charge in [0.15, 0.2) is 0 Å². The van der Waals surface area contributed by atoms with E-state index in [0.717, 1.165) is 42.5 Å². The van der Waals surface area contributed by atoms with Crippen molar-refractivity contribution < 1.29 is 9.84 Å². The summed E-state index contributed by atoms with van der Waals surface area (Å²) in [6.45, 7) is 8.80. The molecule has 1 unspecified atom stereocenters. The number of aliphatic hydroxyl groups excluding tert-OH is 1. The fourth-order valence-electron chi connectivity index (χ4n) is 3.35. The zero-order valence-corrected chi connectivity index (χ0v) is 17.5. The zero-order valence-electron chi connectivity index (χ0n) is 15.9. The minimum atomic E-state index is -0.492. The summed E-state index contributed by atoms with van der Waals surface area (Å²) < 4.78 is 5.76. The van der Waals surface area contributed by atoms with Crippen molar-refractivity contribution in [2.75, 3.05) is 44.2 Å². The van der Waals surface area contributed by atoms with E-state index >= 15 is 0 Å². The first-order chi connectivity index (χ1) is 12.5. The van der Waals surface area contributed by atoms with Crippen LogP contribution in [0.3, 0.4) is 0 Å². The monoisotopic (exact) mass is 410 g/mol. The van der Waals surface area contributed by atoms with Gasteiger partial charge in [-0.1, -0.05) is 35.9 Å². The van der Waals surface area contributed by atoms with Gasteiger partial charge in [0, 0.05) is 43.4 Å². The topological polar surface area (TPSA) is 35.9 Å². The first-order valence-corrected chi connectivity index (χ1v) is 9.50. The van der Waals surface area contributed by atoms with Crippen LogP contribution in [0.15, 0.2) is 42.5 Å². The second kappa shape index (κ2) is 10.2. The van der Waals surface area contributed by atoms with Gasteiger partial charge in [0.25, 0.3) is 0 Å². The molecule has 3 rings (SSSR count). The fourth-order valence-corrected chi connectivity index (χ4v) is 3.52. The number of β-amino-alcohol motifs (C(OH)–C–C–N with tert-alkyl or cyclic N) is 1. The molecule has 6 heteroatoms. The Hall–Kier alpha value is -1.46. The number of para-hydroxylation sites is 1. The van der Waals surface area contributed by atoms with Crippen molar-refractivity contribution >= 4 is 29.7 Å². The molecule has 1 fully saturated rings. The normalized spacial score (nSPS) is 15.9. The number of aliphatic hydroxyl groups is 1. The number of benzene rings is 2. The Bertz CT molecular complexity index is 734. The summed E-state index contributed by atoms with van der Waals surface area (Å²) in [5.41, 5.74) is 3.54. The molecule has 4 nitrogen and oxygen atoms in total. The van der Waals surface area contributed by atoms with Gasteiger partial charge in [-0.05, 0) is 43.2 Å². The van der Waals surface area contributed by atoms with Gasteiger partial charge in [0.2, 0.25) is 0 Å². The predicted molar refractivity (Wildman–Crippen MR) is 115 cm³/mol. The average Bonchev–Trinajstić information content (AvgIpc) is 2.64. The van der Waals surface area contributed by atoms with Gasteiger partial charge in [-0.2, -0.15) is 0 Å². The molecule has 0 saturated carbocycles. The number of hydrogen-bond acceptors (Lipinski definition) is 4. The number of nitrogens with zero attached hydrogens (tertiary/aromatic N) is 2. The third-order valence-corrected chi connectivity index (χ3v) is 5.11. The van der Waals surface area contributed by atoms with Gasteiger partial charge < -0.3 is 14.7 Å². The third kappa shape index (κ3) is 6.01. The number of anilines is 1. The van der Waals surface area contributed by atoms with Gasteiger partial charge in [-0.25, -0.2) is 0 Å². The molecule has 27 heavy (non-hydrogen) atoms. The first-order valence-electron chi connectivity index (χ1n) is 9.13. The van der Waals surface area contributed by atoms with Gasteiger partial charge in [-0.3, -0.25) is 4.90 Å². The van der Waals surface area contributed by atoms with E-state index < -0.39 is 6.10 Å². The summed E-state index contributed by atoms with van der Waals surface area (Å²) in [5.74, 6) is 0.841. The van der Waals surface area contributed by atoms with E-state index in [0.29, 0.717) is 13.2 Å². The molecule has 1 aliphatic heterocycles. The number of halogens is 2. The number of rotatable bonds is 6. The molecule has 0 radical (unpaired) electrons. The number of piperazine rings is 1. The Kier molecular flexibility index (Phi) is 8.24. The Morgan fingerprint density at radius 2 is 1.74 bits per heavy atom. The van der Waals surface area contributed by atoms with Crippen LogP contribution in [0, 0.1) is 13.8 Å². The lowest BCUT2D eigenvalue weighted by Crippen LogP contribution is -2.49. The lowest BCUT2D eigenvalue weighted by atomic mass is 10.1. The van der Waals surface area contributed by atoms with Crippen LogP contribution in [0.5, 0.6) is 5.75 Å². The number of ether oxygens (including phenoxy) is 1. The van der Waals surface area contributed by atoms with Crippen molar-refractivity contribution in [1.82, 2.24) is 4.90 Å². The molecule has 2 aromatic carbocycles. The molecule has 1 aliphatic rings. The zero-order chi connectivity index (χ0) is 18.5. The van der Waals surface area contributed by atoms with Crippen molar-refractivity contribution in [3.63, 3.8) is 0 Å². The minimum absolute atomic E-state index is 0. The molecule has 0 spiro atoms. The van der Waals surface area contributed by atoms with Crippen LogP contribution < -0.4 is 9.64 Å². The van der Waals surface area contributed by atoms with Crippen LogP contribution in [0.1, 0.15) is 11.1 Å². The molecule has 0 bridgehead atoms. The molecule has 1 heterocycles. The number of hydrogen-bond donors (Lipinski definition) is 1. The van der Waals surface area contributed by atoms with E-state index in [-0.39, 0.29) is 12.4 Å². The molecule has 1 N–H and O–H groups in total. The van der Waals surface area contributed by atoms with E-state index in [4.69, 9.17) is 16.3 Å². The molecule has 0 aliphatic carbocycles. The summed E-state index contributed by atoms with van der Waals surface area (Å²) in [4.78, 5) is 4.66. The maximum Gasteiger partial charge on any atom is 0.122 e. The van der Waals surface area contributed by atoms with Crippen molar-refractivity contribution in [3.8, 4) is 5.75 Å². The number of aryl methyl sites for hydroxylation is 2. The van der Waals surface area contributed by atoms with Crippen LogP contribution in [0.25, 0.3) is 0 Å². The molecule has 2 aromatic rings. The Morgan fingerprint density at radius 1 is 1.04 bits per heavy atom. The Morgan fingerprint density at radius 3 is 2.44 bits per heavy atom. The molecule has 0 amide bonds. The van der Waals surface area contributed by atoms with Gasteiger partial charge in [0.05, 0.1) is 0 Å². The van der Waals surface area contributed by atoms with Gasteiger partial charge in [-0.15, -0.1) is 12.4 Å². The highest BCUT2D eigenvalue weighted by Gasteiger charge is 2.21. The smallest absolute Gasteiger partial charge is 0.122 e. The van der Waals surface area contributed by atoms with Crippen LogP contribution in [0.2, 0.25) is 5.02 Å². The van der Waals surface area contributed by atoms with Crippen molar-refractivity contribution in [2.45, 2.75) is 20.0 Å². The fraction of sp³-hybridized carbons (Fsp3) is 0.429. The quantitative estimate of drug-likeness (QED) is 0.781. The van der Waals surface area contributed by atoms with Gasteiger partial charge >= 0.3 is 0 Å². The Labute approximate surface area is 173 Å². The highest BCUT2D eigenvalue weighted by atomic mass is 35.5. The van der Waals surface area contributed by atoms with E-state index in [2.05, 4.69) is 22.8 Å². The summed E-state index contributed by atoms with van der Waals surface area (Å²) in [6.07, 6.45) is -0.492. The SMILES string of the molecule is Cc1ccccc1OCC(O)CN1CCN(c2cc(Cl)ccc2C)CC1.Cl. The predicted octanol–water partition coefficient (Wildman–Crippen LogP) is 3.94. The maximum absolute atomic E-state index is 10.3. The van der Waals surface area contributed by atoms with E-state index in [1.165, 1.54) is 11.3 Å². The standard InChI is InChI=1S/C21H27ClN2O2.ClH/c1-16-7-8-18(22)13-20(16)24-11-9-23(10-12-24)14-19(25)15-26-21-6-4-3-5-17(21)2;/h3-8,13,19,25H,9-12,14-15H2,1-2H3;1H. The van der Waals surface area contributed by atoms with Crippen LogP contribution in [0.4, 0.5) is 5.69 Å². The lowest BCUT2D eigenvalue weighted by Gasteiger charge is -2.37. The summed E-state index contributed by atoms with van der Waals surface area (Å²) in [5, 5.41) is 11.1. The molecular weight excluding hydrogens is 383 g/mol. The second-order valence-corrected chi connectivity index (χ2v) is 7.39. The van der Waals surface area contributed by atoms with E-state index in [1.807, 2.05) is 43.3 Å².